The largest absolute Gasteiger partial charge is 0.385 e. The Morgan fingerprint density at radius 1 is 1.30 bits per heavy atom. The van der Waals surface area contributed by atoms with E-state index in [9.17, 15) is 4.79 Å². The molecule has 6 heteroatoms. The zero-order valence-electron chi connectivity index (χ0n) is 13.0. The van der Waals surface area contributed by atoms with Crippen molar-refractivity contribution < 1.29 is 9.53 Å². The quantitative estimate of drug-likeness (QED) is 0.729. The number of halogens is 1. The van der Waals surface area contributed by atoms with Crippen molar-refractivity contribution in [3.63, 3.8) is 0 Å². The number of anilines is 1. The van der Waals surface area contributed by atoms with Crippen LogP contribution in [0.25, 0.3) is 0 Å². The predicted molar refractivity (Wildman–Crippen MR) is 91.8 cm³/mol. The van der Waals surface area contributed by atoms with Gasteiger partial charge in [-0.1, -0.05) is 29.8 Å². The maximum Gasteiger partial charge on any atom is 0.269 e. The Hall–Kier alpha value is -2.11. The second kappa shape index (κ2) is 9.12. The molecule has 0 aliphatic heterocycles. The Morgan fingerprint density at radius 2 is 2.13 bits per heavy atom. The van der Waals surface area contributed by atoms with Gasteiger partial charge in [-0.15, -0.1) is 0 Å². The molecule has 23 heavy (non-hydrogen) atoms. The smallest absolute Gasteiger partial charge is 0.269 e. The minimum Gasteiger partial charge on any atom is -0.385 e. The fourth-order valence-corrected chi connectivity index (χ4v) is 2.22. The van der Waals surface area contributed by atoms with Gasteiger partial charge in [0.25, 0.3) is 5.91 Å². The molecule has 2 aromatic rings. The molecule has 0 radical (unpaired) electrons. The van der Waals surface area contributed by atoms with Crippen molar-refractivity contribution >= 4 is 23.2 Å². The number of methoxy groups -OCH3 is 1. The second-order valence-electron chi connectivity index (χ2n) is 4.98. The molecule has 1 heterocycles. The fourth-order valence-electron chi connectivity index (χ4n) is 2.01. The second-order valence-corrected chi connectivity index (χ2v) is 5.38. The highest BCUT2D eigenvalue weighted by molar-refractivity contribution is 6.31. The molecule has 0 bridgehead atoms. The summed E-state index contributed by atoms with van der Waals surface area (Å²) >= 11 is 6.13. The normalized spacial score (nSPS) is 10.3. The monoisotopic (exact) mass is 333 g/mol. The number of amides is 1. The number of nitrogens with zero attached hydrogens (tertiary/aromatic N) is 1. The third-order valence-corrected chi connectivity index (χ3v) is 3.61. The van der Waals surface area contributed by atoms with Crippen LogP contribution in [0.4, 0.5) is 5.69 Å². The van der Waals surface area contributed by atoms with Gasteiger partial charge >= 0.3 is 0 Å². The van der Waals surface area contributed by atoms with E-state index in [1.807, 2.05) is 30.3 Å². The molecular formula is C17H20ClN3O2. The topological polar surface area (TPSA) is 63.2 Å². The SMILES string of the molecule is COCCCNC(=O)c1cc(NCc2ccccc2Cl)ccn1. The molecule has 2 N–H and O–H groups in total. The van der Waals surface area contributed by atoms with E-state index in [-0.39, 0.29) is 5.91 Å². The third-order valence-electron chi connectivity index (χ3n) is 3.24. The van der Waals surface area contributed by atoms with Gasteiger partial charge in [-0.05, 0) is 30.2 Å². The molecule has 0 aliphatic rings. The number of carbonyl (C=O) groups excluding carboxylic acids is 1. The summed E-state index contributed by atoms with van der Waals surface area (Å²) < 4.78 is 4.94. The van der Waals surface area contributed by atoms with Crippen LogP contribution in [0, 0.1) is 0 Å². The van der Waals surface area contributed by atoms with Gasteiger partial charge < -0.3 is 15.4 Å². The molecule has 0 atom stereocenters. The zero-order valence-corrected chi connectivity index (χ0v) is 13.8. The summed E-state index contributed by atoms with van der Waals surface area (Å²) in [4.78, 5) is 16.1. The maximum atomic E-state index is 12.0. The van der Waals surface area contributed by atoms with Crippen LogP contribution in [-0.4, -0.2) is 31.2 Å². The van der Waals surface area contributed by atoms with E-state index in [4.69, 9.17) is 16.3 Å². The molecule has 1 aromatic carbocycles. The van der Waals surface area contributed by atoms with E-state index in [1.165, 1.54) is 0 Å². The van der Waals surface area contributed by atoms with E-state index in [0.717, 1.165) is 17.7 Å². The molecule has 0 spiro atoms. The van der Waals surface area contributed by atoms with Crippen LogP contribution >= 0.6 is 11.6 Å². The minimum atomic E-state index is -0.192. The zero-order chi connectivity index (χ0) is 16.5. The van der Waals surface area contributed by atoms with Crippen molar-refractivity contribution in [2.75, 3.05) is 25.6 Å². The van der Waals surface area contributed by atoms with Crippen LogP contribution in [0.3, 0.4) is 0 Å². The summed E-state index contributed by atoms with van der Waals surface area (Å²) in [6, 6.07) is 11.2. The van der Waals surface area contributed by atoms with Crippen molar-refractivity contribution in [2.45, 2.75) is 13.0 Å². The summed E-state index contributed by atoms with van der Waals surface area (Å²) in [6.45, 7) is 1.76. The molecule has 2 rings (SSSR count). The first-order valence-corrected chi connectivity index (χ1v) is 7.79. The van der Waals surface area contributed by atoms with E-state index in [1.54, 1.807) is 19.4 Å². The van der Waals surface area contributed by atoms with Gasteiger partial charge in [0.15, 0.2) is 0 Å². The number of rotatable bonds is 8. The molecule has 1 aromatic heterocycles. The number of aromatic nitrogens is 1. The molecule has 1 amide bonds. The van der Waals surface area contributed by atoms with Gasteiger partial charge in [-0.3, -0.25) is 9.78 Å². The van der Waals surface area contributed by atoms with Gasteiger partial charge in [0.05, 0.1) is 0 Å². The lowest BCUT2D eigenvalue weighted by Gasteiger charge is -2.09. The summed E-state index contributed by atoms with van der Waals surface area (Å²) in [7, 11) is 1.64. The number of carbonyl (C=O) groups is 1. The Bertz CT molecular complexity index is 649. The molecule has 0 saturated heterocycles. The first-order valence-electron chi connectivity index (χ1n) is 7.41. The number of hydrogen-bond donors (Lipinski definition) is 2. The Labute approximate surface area is 141 Å². The highest BCUT2D eigenvalue weighted by Gasteiger charge is 2.07. The Kier molecular flexibility index (Phi) is 6.84. The molecule has 5 nitrogen and oxygen atoms in total. The van der Waals surface area contributed by atoms with Gasteiger partial charge in [0, 0.05) is 43.7 Å². The van der Waals surface area contributed by atoms with Crippen LogP contribution in [0.2, 0.25) is 5.02 Å². The molecule has 0 unspecified atom stereocenters. The van der Waals surface area contributed by atoms with Crippen LogP contribution in [0.1, 0.15) is 22.5 Å². The number of nitrogens with one attached hydrogen (secondary N) is 2. The van der Waals surface area contributed by atoms with Crippen molar-refractivity contribution in [1.82, 2.24) is 10.3 Å². The molecule has 0 saturated carbocycles. The Morgan fingerprint density at radius 3 is 2.91 bits per heavy atom. The standard InChI is InChI=1S/C17H20ClN3O2/c1-23-10-4-8-20-17(22)16-11-14(7-9-19-16)21-12-13-5-2-3-6-15(13)18/h2-3,5-7,9,11H,4,8,10,12H2,1H3,(H,19,21)(H,20,22). The third kappa shape index (κ3) is 5.54. The van der Waals surface area contributed by atoms with Gasteiger partial charge in [-0.25, -0.2) is 0 Å². The van der Waals surface area contributed by atoms with Crippen LogP contribution in [0.5, 0.6) is 0 Å². The van der Waals surface area contributed by atoms with Gasteiger partial charge in [-0.2, -0.15) is 0 Å². The van der Waals surface area contributed by atoms with E-state index in [0.29, 0.717) is 30.4 Å². The highest BCUT2D eigenvalue weighted by Crippen LogP contribution is 2.17. The van der Waals surface area contributed by atoms with Gasteiger partial charge in [0.1, 0.15) is 5.69 Å². The highest BCUT2D eigenvalue weighted by atomic mass is 35.5. The number of ether oxygens (including phenoxy) is 1. The number of benzene rings is 1. The van der Waals surface area contributed by atoms with E-state index >= 15 is 0 Å². The summed E-state index contributed by atoms with van der Waals surface area (Å²) in [5.74, 6) is -0.192. The first-order chi connectivity index (χ1) is 11.2. The van der Waals surface area contributed by atoms with Crippen LogP contribution < -0.4 is 10.6 Å². The van der Waals surface area contributed by atoms with Crippen molar-refractivity contribution in [3.05, 3.63) is 58.9 Å². The van der Waals surface area contributed by atoms with E-state index in [2.05, 4.69) is 15.6 Å². The predicted octanol–water partition coefficient (Wildman–Crippen LogP) is 3.11. The summed E-state index contributed by atoms with van der Waals surface area (Å²) in [5.41, 5.74) is 2.20. The maximum absolute atomic E-state index is 12.0. The van der Waals surface area contributed by atoms with E-state index < -0.39 is 0 Å². The van der Waals surface area contributed by atoms with Crippen molar-refractivity contribution in [1.29, 1.82) is 0 Å². The molecule has 0 aliphatic carbocycles. The van der Waals surface area contributed by atoms with Gasteiger partial charge in [0.2, 0.25) is 0 Å². The van der Waals surface area contributed by atoms with Crippen LogP contribution in [0.15, 0.2) is 42.6 Å². The summed E-state index contributed by atoms with van der Waals surface area (Å²) in [6.07, 6.45) is 2.38. The van der Waals surface area contributed by atoms with Crippen molar-refractivity contribution in [3.8, 4) is 0 Å². The lowest BCUT2D eigenvalue weighted by molar-refractivity contribution is 0.0943. The molecule has 0 fully saturated rings. The summed E-state index contributed by atoms with van der Waals surface area (Å²) in [5, 5.41) is 6.78. The number of pyridine rings is 1. The Balaban J connectivity index is 1.91. The average molecular weight is 334 g/mol. The fraction of sp³-hybridized carbons (Fsp3) is 0.294. The molecule has 122 valence electrons. The lowest BCUT2D eigenvalue weighted by atomic mass is 10.2. The van der Waals surface area contributed by atoms with Crippen molar-refractivity contribution in [2.24, 2.45) is 0 Å². The molecular weight excluding hydrogens is 314 g/mol. The first kappa shape index (κ1) is 17.2. The number of hydrogen-bond acceptors (Lipinski definition) is 4. The lowest BCUT2D eigenvalue weighted by Crippen LogP contribution is -2.26. The minimum absolute atomic E-state index is 0.192. The average Bonchev–Trinajstić information content (AvgIpc) is 2.58. The van der Waals surface area contributed by atoms with Crippen LogP contribution in [-0.2, 0) is 11.3 Å².